The van der Waals surface area contributed by atoms with Gasteiger partial charge in [-0.05, 0) is 43.2 Å². The van der Waals surface area contributed by atoms with Gasteiger partial charge < -0.3 is 10.1 Å². The highest BCUT2D eigenvalue weighted by atomic mass is 19.3. The van der Waals surface area contributed by atoms with Crippen LogP contribution < -0.4 is 10.1 Å². The fraction of sp³-hybridized carbons (Fsp3) is 0.267. The molecular formula is C15H16F2N2O. The Bertz CT molecular complexity index is 558. The molecular weight excluding hydrogens is 262 g/mol. The molecule has 0 fully saturated rings. The lowest BCUT2D eigenvalue weighted by Gasteiger charge is -2.16. The second kappa shape index (κ2) is 6.32. The minimum Gasteiger partial charge on any atom is -0.435 e. The fourth-order valence-electron chi connectivity index (χ4n) is 1.91. The summed E-state index contributed by atoms with van der Waals surface area (Å²) in [7, 11) is 0. The molecule has 20 heavy (non-hydrogen) atoms. The van der Waals surface area contributed by atoms with Gasteiger partial charge in [0, 0.05) is 18.4 Å². The number of nitrogens with one attached hydrogen (secondary N) is 1. The quantitative estimate of drug-likeness (QED) is 0.891. The number of benzene rings is 1. The Morgan fingerprint density at radius 3 is 2.45 bits per heavy atom. The van der Waals surface area contributed by atoms with Crippen LogP contribution in [-0.2, 0) is 0 Å². The summed E-state index contributed by atoms with van der Waals surface area (Å²) in [5.74, 6) is 0.160. The van der Waals surface area contributed by atoms with Crippen molar-refractivity contribution in [3.63, 3.8) is 0 Å². The van der Waals surface area contributed by atoms with Gasteiger partial charge in [-0.3, -0.25) is 4.98 Å². The van der Waals surface area contributed by atoms with Crippen LogP contribution in [0.5, 0.6) is 5.75 Å². The third-order valence-electron chi connectivity index (χ3n) is 2.86. The lowest BCUT2D eigenvalue weighted by atomic mass is 10.1. The summed E-state index contributed by atoms with van der Waals surface area (Å²) >= 11 is 0. The van der Waals surface area contributed by atoms with Gasteiger partial charge in [-0.15, -0.1) is 0 Å². The number of anilines is 1. The number of alkyl halides is 2. The number of aromatic nitrogens is 1. The molecule has 5 heteroatoms. The molecule has 0 aliphatic carbocycles. The number of pyridine rings is 1. The van der Waals surface area contributed by atoms with Crippen LogP contribution in [0.2, 0.25) is 0 Å². The first kappa shape index (κ1) is 14.2. The van der Waals surface area contributed by atoms with Gasteiger partial charge in [-0.25, -0.2) is 0 Å². The number of hydrogen-bond acceptors (Lipinski definition) is 3. The van der Waals surface area contributed by atoms with E-state index < -0.39 is 6.61 Å². The van der Waals surface area contributed by atoms with E-state index in [4.69, 9.17) is 0 Å². The smallest absolute Gasteiger partial charge is 0.387 e. The molecule has 1 heterocycles. The highest BCUT2D eigenvalue weighted by molar-refractivity contribution is 5.45. The highest BCUT2D eigenvalue weighted by Gasteiger charge is 2.08. The molecule has 1 aromatic carbocycles. The summed E-state index contributed by atoms with van der Waals surface area (Å²) in [6.07, 6.45) is 3.53. The standard InChI is InChI=1S/C15H16F2N2O/c1-10-7-13(9-18-8-10)19-11(2)12-3-5-14(6-4-12)20-15(16)17/h3-9,11,15,19H,1-2H3. The number of aryl methyl sites for hydroxylation is 1. The van der Waals surface area contributed by atoms with Crippen LogP contribution in [0.4, 0.5) is 14.5 Å². The average Bonchev–Trinajstić information content (AvgIpc) is 2.38. The summed E-state index contributed by atoms with van der Waals surface area (Å²) < 4.78 is 28.4. The van der Waals surface area contributed by atoms with Crippen LogP contribution >= 0.6 is 0 Å². The first-order valence-corrected chi connectivity index (χ1v) is 6.27. The summed E-state index contributed by atoms with van der Waals surface area (Å²) in [5, 5.41) is 3.31. The molecule has 1 atom stereocenters. The van der Waals surface area contributed by atoms with Crippen molar-refractivity contribution in [1.29, 1.82) is 0 Å². The summed E-state index contributed by atoms with van der Waals surface area (Å²) in [5.41, 5.74) is 2.97. The van der Waals surface area contributed by atoms with Crippen LogP contribution in [0.25, 0.3) is 0 Å². The molecule has 3 nitrogen and oxygen atoms in total. The number of hydrogen-bond donors (Lipinski definition) is 1. The molecule has 1 unspecified atom stereocenters. The molecule has 0 saturated heterocycles. The number of ether oxygens (including phenoxy) is 1. The van der Waals surface area contributed by atoms with E-state index in [1.54, 1.807) is 24.5 Å². The molecule has 1 aromatic heterocycles. The first-order chi connectivity index (χ1) is 9.54. The van der Waals surface area contributed by atoms with Crippen molar-refractivity contribution in [2.24, 2.45) is 0 Å². The van der Waals surface area contributed by atoms with E-state index in [0.29, 0.717) is 0 Å². The molecule has 0 spiro atoms. The van der Waals surface area contributed by atoms with Crippen molar-refractivity contribution >= 4 is 5.69 Å². The van der Waals surface area contributed by atoms with Crippen LogP contribution in [0, 0.1) is 6.92 Å². The van der Waals surface area contributed by atoms with Crippen molar-refractivity contribution < 1.29 is 13.5 Å². The predicted molar refractivity (Wildman–Crippen MR) is 74.1 cm³/mol. The van der Waals surface area contributed by atoms with E-state index >= 15 is 0 Å². The molecule has 0 bridgehead atoms. The van der Waals surface area contributed by atoms with Gasteiger partial charge >= 0.3 is 6.61 Å². The molecule has 0 saturated carbocycles. The Morgan fingerprint density at radius 2 is 1.85 bits per heavy atom. The lowest BCUT2D eigenvalue weighted by Crippen LogP contribution is -2.07. The SMILES string of the molecule is Cc1cncc(NC(C)c2ccc(OC(F)F)cc2)c1. The third-order valence-corrected chi connectivity index (χ3v) is 2.86. The van der Waals surface area contributed by atoms with Crippen molar-refractivity contribution in [2.45, 2.75) is 26.5 Å². The average molecular weight is 278 g/mol. The van der Waals surface area contributed by atoms with E-state index in [-0.39, 0.29) is 11.8 Å². The van der Waals surface area contributed by atoms with Gasteiger partial charge in [-0.2, -0.15) is 8.78 Å². The van der Waals surface area contributed by atoms with Crippen molar-refractivity contribution in [1.82, 2.24) is 4.98 Å². The molecule has 0 amide bonds. The number of rotatable bonds is 5. The van der Waals surface area contributed by atoms with Gasteiger partial charge in [0.1, 0.15) is 5.75 Å². The van der Waals surface area contributed by atoms with Crippen LogP contribution in [0.1, 0.15) is 24.1 Å². The third kappa shape index (κ3) is 3.91. The van der Waals surface area contributed by atoms with Gasteiger partial charge in [-0.1, -0.05) is 12.1 Å². The fourth-order valence-corrected chi connectivity index (χ4v) is 1.91. The normalized spacial score (nSPS) is 12.2. The predicted octanol–water partition coefficient (Wildman–Crippen LogP) is 4.16. The molecule has 106 valence electrons. The van der Waals surface area contributed by atoms with Crippen molar-refractivity contribution in [3.05, 3.63) is 53.9 Å². The molecule has 1 N–H and O–H groups in total. The van der Waals surface area contributed by atoms with E-state index in [2.05, 4.69) is 15.0 Å². The van der Waals surface area contributed by atoms with Gasteiger partial charge in [0.2, 0.25) is 0 Å². The minimum atomic E-state index is -2.80. The molecule has 2 rings (SSSR count). The maximum absolute atomic E-state index is 12.1. The molecule has 0 radical (unpaired) electrons. The molecule has 0 aliphatic heterocycles. The van der Waals surface area contributed by atoms with Crippen LogP contribution in [0.15, 0.2) is 42.7 Å². The zero-order valence-electron chi connectivity index (χ0n) is 11.3. The Morgan fingerprint density at radius 1 is 1.15 bits per heavy atom. The maximum Gasteiger partial charge on any atom is 0.387 e. The van der Waals surface area contributed by atoms with Gasteiger partial charge in [0.25, 0.3) is 0 Å². The summed E-state index contributed by atoms with van der Waals surface area (Å²) in [6.45, 7) is 1.17. The van der Waals surface area contributed by atoms with Crippen molar-refractivity contribution in [3.8, 4) is 5.75 Å². The lowest BCUT2D eigenvalue weighted by molar-refractivity contribution is -0.0498. The second-order valence-electron chi connectivity index (χ2n) is 4.56. The second-order valence-corrected chi connectivity index (χ2v) is 4.56. The minimum absolute atomic E-state index is 0.0409. The molecule has 2 aromatic rings. The van der Waals surface area contributed by atoms with Crippen LogP contribution in [-0.4, -0.2) is 11.6 Å². The zero-order valence-corrected chi connectivity index (χ0v) is 11.3. The molecule has 0 aliphatic rings. The van der Waals surface area contributed by atoms with Gasteiger partial charge in [0.15, 0.2) is 0 Å². The number of halogens is 2. The summed E-state index contributed by atoms with van der Waals surface area (Å²) in [6, 6.07) is 8.64. The Kier molecular flexibility index (Phi) is 4.50. The van der Waals surface area contributed by atoms with E-state index in [1.165, 1.54) is 12.1 Å². The number of nitrogens with zero attached hydrogens (tertiary/aromatic N) is 1. The van der Waals surface area contributed by atoms with Crippen LogP contribution in [0.3, 0.4) is 0 Å². The zero-order chi connectivity index (χ0) is 14.5. The largest absolute Gasteiger partial charge is 0.435 e. The van der Waals surface area contributed by atoms with E-state index in [0.717, 1.165) is 16.8 Å². The summed E-state index contributed by atoms with van der Waals surface area (Å²) in [4.78, 5) is 4.11. The Hall–Kier alpha value is -2.17. The van der Waals surface area contributed by atoms with Crippen molar-refractivity contribution in [2.75, 3.05) is 5.32 Å². The first-order valence-electron chi connectivity index (χ1n) is 6.27. The van der Waals surface area contributed by atoms with E-state index in [9.17, 15) is 8.78 Å². The van der Waals surface area contributed by atoms with E-state index in [1.807, 2.05) is 19.9 Å². The Labute approximate surface area is 116 Å². The highest BCUT2D eigenvalue weighted by Crippen LogP contribution is 2.22. The maximum atomic E-state index is 12.1. The Balaban J connectivity index is 2.03. The topological polar surface area (TPSA) is 34.2 Å². The monoisotopic (exact) mass is 278 g/mol. The van der Waals surface area contributed by atoms with Gasteiger partial charge in [0.05, 0.1) is 5.69 Å².